The minimum absolute atomic E-state index is 0.160. The number of alkyl halides is 3. The third kappa shape index (κ3) is 3.91. The number of halogens is 3. The highest BCUT2D eigenvalue weighted by atomic mass is 19.4. The van der Waals surface area contributed by atoms with Crippen molar-refractivity contribution in [3.05, 3.63) is 41.7 Å². The van der Waals surface area contributed by atoms with E-state index < -0.39 is 11.7 Å². The normalized spacial score (nSPS) is 11.6. The van der Waals surface area contributed by atoms with Gasteiger partial charge in [-0.25, -0.2) is 9.97 Å². The number of rotatable bonds is 4. The van der Waals surface area contributed by atoms with Gasteiger partial charge in [0, 0.05) is 18.2 Å². The van der Waals surface area contributed by atoms with E-state index in [1.54, 1.807) is 6.07 Å². The van der Waals surface area contributed by atoms with Crippen LogP contribution in [0.2, 0.25) is 0 Å². The number of nitrogens with two attached hydrogens (primary N) is 1. The SMILES string of the molecule is CCOCc1nc(N)cc(-c2cccc(C(F)(F)F)c2)n1. The van der Waals surface area contributed by atoms with Crippen LogP contribution < -0.4 is 5.73 Å². The summed E-state index contributed by atoms with van der Waals surface area (Å²) in [5.74, 6) is 0.524. The molecule has 0 bridgehead atoms. The molecule has 2 N–H and O–H groups in total. The van der Waals surface area contributed by atoms with Gasteiger partial charge in [-0.3, -0.25) is 0 Å². The summed E-state index contributed by atoms with van der Waals surface area (Å²) in [6, 6.07) is 6.35. The third-order valence-corrected chi connectivity index (χ3v) is 2.71. The Labute approximate surface area is 119 Å². The summed E-state index contributed by atoms with van der Waals surface area (Å²) in [6.45, 7) is 2.46. The summed E-state index contributed by atoms with van der Waals surface area (Å²) in [6.07, 6.45) is -4.40. The quantitative estimate of drug-likeness (QED) is 0.940. The van der Waals surface area contributed by atoms with E-state index in [9.17, 15) is 13.2 Å². The number of benzene rings is 1. The Morgan fingerprint density at radius 2 is 1.95 bits per heavy atom. The summed E-state index contributed by atoms with van der Waals surface area (Å²) in [5, 5.41) is 0. The number of hydrogen-bond donors (Lipinski definition) is 1. The lowest BCUT2D eigenvalue weighted by molar-refractivity contribution is -0.137. The van der Waals surface area contributed by atoms with Gasteiger partial charge in [0.1, 0.15) is 12.4 Å². The van der Waals surface area contributed by atoms with Crippen LogP contribution in [0.1, 0.15) is 18.3 Å². The topological polar surface area (TPSA) is 61.0 Å². The predicted molar refractivity (Wildman–Crippen MR) is 72.2 cm³/mol. The van der Waals surface area contributed by atoms with Crippen molar-refractivity contribution in [2.45, 2.75) is 19.7 Å². The van der Waals surface area contributed by atoms with Crippen molar-refractivity contribution in [1.29, 1.82) is 0 Å². The Morgan fingerprint density at radius 3 is 2.62 bits per heavy atom. The fourth-order valence-electron chi connectivity index (χ4n) is 1.78. The van der Waals surface area contributed by atoms with Crippen LogP contribution in [0, 0.1) is 0 Å². The molecular formula is C14H14F3N3O. The number of nitrogen functional groups attached to an aromatic ring is 1. The van der Waals surface area contributed by atoms with Gasteiger partial charge >= 0.3 is 6.18 Å². The Bertz CT molecular complexity index is 629. The van der Waals surface area contributed by atoms with Gasteiger partial charge in [0.2, 0.25) is 0 Å². The maximum Gasteiger partial charge on any atom is 0.416 e. The highest BCUT2D eigenvalue weighted by Crippen LogP contribution is 2.31. The first-order valence-electron chi connectivity index (χ1n) is 6.29. The maximum atomic E-state index is 12.7. The molecular weight excluding hydrogens is 283 g/mol. The molecule has 0 spiro atoms. The second kappa shape index (κ2) is 6.09. The zero-order valence-corrected chi connectivity index (χ0v) is 11.3. The minimum atomic E-state index is -4.40. The first-order chi connectivity index (χ1) is 9.90. The number of aromatic nitrogens is 2. The largest absolute Gasteiger partial charge is 0.416 e. The van der Waals surface area contributed by atoms with Crippen LogP contribution in [0.25, 0.3) is 11.3 Å². The molecule has 1 aromatic heterocycles. The lowest BCUT2D eigenvalue weighted by Crippen LogP contribution is -2.06. The van der Waals surface area contributed by atoms with Crippen LogP contribution in [0.3, 0.4) is 0 Å². The van der Waals surface area contributed by atoms with Crippen LogP contribution >= 0.6 is 0 Å². The Hall–Kier alpha value is -2.15. The Morgan fingerprint density at radius 1 is 1.19 bits per heavy atom. The highest BCUT2D eigenvalue weighted by molar-refractivity contribution is 5.62. The molecule has 1 aromatic carbocycles. The van der Waals surface area contributed by atoms with Crippen molar-refractivity contribution >= 4 is 5.82 Å². The van der Waals surface area contributed by atoms with E-state index >= 15 is 0 Å². The molecule has 2 rings (SSSR count). The fraction of sp³-hybridized carbons (Fsp3) is 0.286. The lowest BCUT2D eigenvalue weighted by Gasteiger charge is -2.10. The molecule has 4 nitrogen and oxygen atoms in total. The first kappa shape index (κ1) is 15.2. The summed E-state index contributed by atoms with van der Waals surface area (Å²) >= 11 is 0. The predicted octanol–water partition coefficient (Wildman–Crippen LogP) is 3.28. The first-order valence-corrected chi connectivity index (χ1v) is 6.29. The summed E-state index contributed by atoms with van der Waals surface area (Å²) in [4.78, 5) is 8.17. The molecule has 0 aliphatic heterocycles. The molecule has 21 heavy (non-hydrogen) atoms. The lowest BCUT2D eigenvalue weighted by atomic mass is 10.1. The average Bonchev–Trinajstić information content (AvgIpc) is 2.44. The zero-order chi connectivity index (χ0) is 15.5. The standard InChI is InChI=1S/C14H14F3N3O/c1-2-21-8-13-19-11(7-12(18)20-13)9-4-3-5-10(6-9)14(15,16)17/h3-7H,2,8H2,1H3,(H2,18,19,20). The molecule has 7 heteroatoms. The van der Waals surface area contributed by atoms with Gasteiger partial charge in [-0.1, -0.05) is 12.1 Å². The number of hydrogen-bond acceptors (Lipinski definition) is 4. The van der Waals surface area contributed by atoms with Crippen LogP contribution in [0.4, 0.5) is 19.0 Å². The second-order valence-corrected chi connectivity index (χ2v) is 4.31. The van der Waals surface area contributed by atoms with Gasteiger partial charge in [-0.2, -0.15) is 13.2 Å². The third-order valence-electron chi connectivity index (χ3n) is 2.71. The second-order valence-electron chi connectivity index (χ2n) is 4.31. The summed E-state index contributed by atoms with van der Waals surface area (Å²) < 4.78 is 43.4. The smallest absolute Gasteiger partial charge is 0.384 e. The fourth-order valence-corrected chi connectivity index (χ4v) is 1.78. The van der Waals surface area contributed by atoms with E-state index in [1.807, 2.05) is 6.92 Å². The molecule has 0 saturated carbocycles. The molecule has 0 saturated heterocycles. The van der Waals surface area contributed by atoms with Gasteiger partial charge in [-0.05, 0) is 19.1 Å². The maximum absolute atomic E-state index is 12.7. The summed E-state index contributed by atoms with van der Waals surface area (Å²) in [5.41, 5.74) is 5.60. The molecule has 0 fully saturated rings. The van der Waals surface area contributed by atoms with Crippen molar-refractivity contribution in [2.24, 2.45) is 0 Å². The number of anilines is 1. The van der Waals surface area contributed by atoms with E-state index in [4.69, 9.17) is 10.5 Å². The number of nitrogens with zero attached hydrogens (tertiary/aromatic N) is 2. The minimum Gasteiger partial charge on any atom is -0.384 e. The van der Waals surface area contributed by atoms with Crippen molar-refractivity contribution in [1.82, 2.24) is 9.97 Å². The van der Waals surface area contributed by atoms with Gasteiger partial charge in [-0.15, -0.1) is 0 Å². The number of ether oxygens (including phenoxy) is 1. The molecule has 0 aliphatic rings. The van der Waals surface area contributed by atoms with Crippen molar-refractivity contribution in [2.75, 3.05) is 12.3 Å². The Balaban J connectivity index is 2.39. The van der Waals surface area contributed by atoms with Crippen LogP contribution in [0.5, 0.6) is 0 Å². The van der Waals surface area contributed by atoms with Crippen LogP contribution in [-0.2, 0) is 17.5 Å². The van der Waals surface area contributed by atoms with Crippen LogP contribution in [0.15, 0.2) is 30.3 Å². The van der Waals surface area contributed by atoms with E-state index in [-0.39, 0.29) is 12.4 Å². The van der Waals surface area contributed by atoms with E-state index in [1.165, 1.54) is 12.1 Å². The zero-order valence-electron chi connectivity index (χ0n) is 11.3. The van der Waals surface area contributed by atoms with Gasteiger partial charge in [0.25, 0.3) is 0 Å². The summed E-state index contributed by atoms with van der Waals surface area (Å²) in [7, 11) is 0. The van der Waals surface area contributed by atoms with Gasteiger partial charge < -0.3 is 10.5 Å². The van der Waals surface area contributed by atoms with E-state index in [0.717, 1.165) is 12.1 Å². The molecule has 2 aromatic rings. The van der Waals surface area contributed by atoms with Crippen molar-refractivity contribution in [3.63, 3.8) is 0 Å². The molecule has 0 amide bonds. The molecule has 0 unspecified atom stereocenters. The molecule has 0 aliphatic carbocycles. The van der Waals surface area contributed by atoms with Gasteiger partial charge in [0.05, 0.1) is 11.3 Å². The monoisotopic (exact) mass is 297 g/mol. The van der Waals surface area contributed by atoms with E-state index in [0.29, 0.717) is 23.7 Å². The Kier molecular flexibility index (Phi) is 4.42. The van der Waals surface area contributed by atoms with Crippen molar-refractivity contribution in [3.8, 4) is 11.3 Å². The van der Waals surface area contributed by atoms with E-state index in [2.05, 4.69) is 9.97 Å². The average molecular weight is 297 g/mol. The van der Waals surface area contributed by atoms with Gasteiger partial charge in [0.15, 0.2) is 5.82 Å². The van der Waals surface area contributed by atoms with Crippen molar-refractivity contribution < 1.29 is 17.9 Å². The van der Waals surface area contributed by atoms with Crippen LogP contribution in [-0.4, -0.2) is 16.6 Å². The molecule has 112 valence electrons. The molecule has 0 atom stereocenters. The highest BCUT2D eigenvalue weighted by Gasteiger charge is 2.30. The molecule has 1 heterocycles. The molecule has 0 radical (unpaired) electrons.